The van der Waals surface area contributed by atoms with Crippen LogP contribution in [-0.4, -0.2) is 26.4 Å². The Labute approximate surface area is 181 Å². The molecule has 0 bridgehead atoms. The summed E-state index contributed by atoms with van der Waals surface area (Å²) in [5, 5.41) is 11.2. The molecule has 0 aliphatic carbocycles. The third-order valence-corrected chi connectivity index (χ3v) is 6.50. The second-order valence-electron chi connectivity index (χ2n) is 7.76. The van der Waals surface area contributed by atoms with Crippen molar-refractivity contribution in [1.82, 2.24) is 9.55 Å². The molecule has 0 amide bonds. The van der Waals surface area contributed by atoms with Gasteiger partial charge in [0.25, 0.3) is 0 Å². The zero-order valence-corrected chi connectivity index (χ0v) is 18.2. The molecule has 0 radical (unpaired) electrons. The molecule has 0 saturated heterocycles. The number of aromatic nitrogens is 2. The second kappa shape index (κ2) is 7.49. The minimum atomic E-state index is -1.25. The number of aromatic carboxylic acids is 1. The summed E-state index contributed by atoms with van der Waals surface area (Å²) in [5.74, 6) is -1.17. The number of rotatable bonds is 4. The lowest BCUT2D eigenvalue weighted by Gasteiger charge is -2.34. The van der Waals surface area contributed by atoms with Crippen molar-refractivity contribution in [2.75, 3.05) is 0 Å². The van der Waals surface area contributed by atoms with Crippen molar-refractivity contribution in [3.8, 4) is 22.5 Å². The SMILES string of the molecule is CC(=O)c1cc2c(cc1-c1csc(Cl)n1)CC(C(C)C)n1cc(C(=O)O)c(=O)cc1-2. The third-order valence-electron chi connectivity index (χ3n) is 5.52. The number of ketones is 1. The summed E-state index contributed by atoms with van der Waals surface area (Å²) in [5.41, 5.74) is 3.40. The molecule has 154 valence electrons. The van der Waals surface area contributed by atoms with E-state index in [0.717, 1.165) is 11.1 Å². The van der Waals surface area contributed by atoms with Crippen molar-refractivity contribution in [2.24, 2.45) is 5.92 Å². The number of hydrogen-bond donors (Lipinski definition) is 1. The molecule has 30 heavy (non-hydrogen) atoms. The van der Waals surface area contributed by atoms with Gasteiger partial charge in [-0.15, -0.1) is 11.3 Å². The number of pyridine rings is 1. The Balaban J connectivity index is 2.01. The molecular formula is C22H19ClN2O4S. The van der Waals surface area contributed by atoms with Gasteiger partial charge in [0.15, 0.2) is 15.7 Å². The lowest BCUT2D eigenvalue weighted by Crippen LogP contribution is -2.28. The number of thiazole rings is 1. The topological polar surface area (TPSA) is 89.3 Å². The Morgan fingerprint density at radius 1 is 1.23 bits per heavy atom. The largest absolute Gasteiger partial charge is 0.477 e. The predicted octanol–water partition coefficient (Wildman–Crippen LogP) is 4.95. The Morgan fingerprint density at radius 2 is 1.97 bits per heavy atom. The van der Waals surface area contributed by atoms with Crippen molar-refractivity contribution in [3.63, 3.8) is 0 Å². The van der Waals surface area contributed by atoms with Gasteiger partial charge in [-0.3, -0.25) is 9.59 Å². The van der Waals surface area contributed by atoms with E-state index in [1.807, 2.05) is 16.0 Å². The molecule has 1 aromatic carbocycles. The van der Waals surface area contributed by atoms with E-state index in [4.69, 9.17) is 11.6 Å². The van der Waals surface area contributed by atoms with E-state index in [0.29, 0.717) is 33.4 Å². The summed E-state index contributed by atoms with van der Waals surface area (Å²) >= 11 is 7.31. The average molecular weight is 443 g/mol. The number of fused-ring (bicyclic) bond motifs is 3. The van der Waals surface area contributed by atoms with Gasteiger partial charge in [-0.25, -0.2) is 9.78 Å². The Bertz CT molecular complexity index is 1260. The highest BCUT2D eigenvalue weighted by molar-refractivity contribution is 7.14. The summed E-state index contributed by atoms with van der Waals surface area (Å²) in [6.07, 6.45) is 2.07. The summed E-state index contributed by atoms with van der Waals surface area (Å²) in [6, 6.07) is 5.07. The molecule has 2 aromatic heterocycles. The lowest BCUT2D eigenvalue weighted by atomic mass is 9.84. The monoisotopic (exact) mass is 442 g/mol. The summed E-state index contributed by atoms with van der Waals surface area (Å²) in [4.78, 5) is 40.7. The Morgan fingerprint density at radius 3 is 2.53 bits per heavy atom. The van der Waals surface area contributed by atoms with Gasteiger partial charge in [-0.2, -0.15) is 0 Å². The Kier molecular flexibility index (Phi) is 5.11. The molecule has 3 aromatic rings. The van der Waals surface area contributed by atoms with E-state index in [1.54, 1.807) is 6.07 Å². The number of carbonyl (C=O) groups is 2. The molecule has 1 unspecified atom stereocenters. The average Bonchev–Trinajstić information content (AvgIpc) is 3.11. The quantitative estimate of drug-likeness (QED) is 0.577. The predicted molar refractivity (Wildman–Crippen MR) is 117 cm³/mol. The second-order valence-corrected chi connectivity index (χ2v) is 9.20. The molecule has 1 N–H and O–H groups in total. The maximum absolute atomic E-state index is 12.4. The van der Waals surface area contributed by atoms with Gasteiger partial charge in [0.2, 0.25) is 0 Å². The fraction of sp³-hybridized carbons (Fsp3) is 0.273. The van der Waals surface area contributed by atoms with Crippen LogP contribution in [0.5, 0.6) is 0 Å². The normalized spacial score (nSPS) is 15.0. The van der Waals surface area contributed by atoms with E-state index in [-0.39, 0.29) is 23.3 Å². The fourth-order valence-corrected chi connectivity index (χ4v) is 4.78. The number of hydrogen-bond acceptors (Lipinski definition) is 5. The first kappa shape index (κ1) is 20.5. The number of nitrogens with zero attached hydrogens (tertiary/aromatic N) is 2. The first-order valence-electron chi connectivity index (χ1n) is 9.46. The minimum Gasteiger partial charge on any atom is -0.477 e. The van der Waals surface area contributed by atoms with Crippen LogP contribution in [0, 0.1) is 5.92 Å². The van der Waals surface area contributed by atoms with Crippen LogP contribution in [0.4, 0.5) is 0 Å². The Hall–Kier alpha value is -2.77. The van der Waals surface area contributed by atoms with Crippen molar-refractivity contribution >= 4 is 34.7 Å². The van der Waals surface area contributed by atoms with Gasteiger partial charge in [0.1, 0.15) is 5.56 Å². The molecule has 8 heteroatoms. The number of Topliss-reactive ketones (excluding diaryl/α,β-unsaturated/α-hetero) is 1. The highest BCUT2D eigenvalue weighted by Crippen LogP contribution is 2.41. The van der Waals surface area contributed by atoms with E-state index in [2.05, 4.69) is 18.8 Å². The maximum Gasteiger partial charge on any atom is 0.341 e. The molecule has 0 saturated carbocycles. The van der Waals surface area contributed by atoms with Crippen LogP contribution in [0.25, 0.3) is 22.5 Å². The van der Waals surface area contributed by atoms with Crippen molar-refractivity contribution in [1.29, 1.82) is 0 Å². The highest BCUT2D eigenvalue weighted by atomic mass is 35.5. The zero-order valence-electron chi connectivity index (χ0n) is 16.6. The molecule has 1 aliphatic rings. The van der Waals surface area contributed by atoms with Gasteiger partial charge in [-0.1, -0.05) is 25.4 Å². The van der Waals surface area contributed by atoms with Gasteiger partial charge in [0, 0.05) is 40.4 Å². The van der Waals surface area contributed by atoms with Crippen molar-refractivity contribution in [2.45, 2.75) is 33.2 Å². The summed E-state index contributed by atoms with van der Waals surface area (Å²) in [7, 11) is 0. The van der Waals surface area contributed by atoms with Gasteiger partial charge in [-0.05, 0) is 37.0 Å². The molecule has 1 atom stereocenters. The van der Waals surface area contributed by atoms with Gasteiger partial charge >= 0.3 is 5.97 Å². The molecule has 0 spiro atoms. The molecule has 6 nitrogen and oxygen atoms in total. The van der Waals surface area contributed by atoms with Crippen molar-refractivity contribution < 1.29 is 14.7 Å². The molecule has 3 heterocycles. The maximum atomic E-state index is 12.4. The summed E-state index contributed by atoms with van der Waals surface area (Å²) < 4.78 is 2.26. The first-order chi connectivity index (χ1) is 14.2. The number of carboxylic acid groups (broad SMARTS) is 1. The van der Waals surface area contributed by atoms with Crippen LogP contribution < -0.4 is 5.43 Å². The highest BCUT2D eigenvalue weighted by Gasteiger charge is 2.29. The van der Waals surface area contributed by atoms with Crippen LogP contribution in [-0.2, 0) is 6.42 Å². The van der Waals surface area contributed by atoms with Crippen LogP contribution in [0.2, 0.25) is 4.47 Å². The van der Waals surface area contributed by atoms with E-state index in [1.165, 1.54) is 30.5 Å². The lowest BCUT2D eigenvalue weighted by molar-refractivity contribution is 0.0694. The number of carboxylic acids is 1. The molecular weight excluding hydrogens is 424 g/mol. The van der Waals surface area contributed by atoms with E-state index in [9.17, 15) is 19.5 Å². The van der Waals surface area contributed by atoms with Crippen LogP contribution in [0.1, 0.15) is 53.1 Å². The number of carbonyl (C=O) groups excluding carboxylic acids is 1. The van der Waals surface area contributed by atoms with Crippen LogP contribution in [0.3, 0.4) is 0 Å². The first-order valence-corrected chi connectivity index (χ1v) is 10.7. The molecule has 0 fully saturated rings. The van der Waals surface area contributed by atoms with Crippen LogP contribution >= 0.6 is 22.9 Å². The zero-order chi connectivity index (χ0) is 21.7. The van der Waals surface area contributed by atoms with E-state index < -0.39 is 11.4 Å². The third kappa shape index (κ3) is 3.38. The van der Waals surface area contributed by atoms with Gasteiger partial charge in [0.05, 0.1) is 11.4 Å². The molecule has 4 rings (SSSR count). The van der Waals surface area contributed by atoms with Crippen LogP contribution in [0.15, 0.2) is 34.6 Å². The number of benzene rings is 1. The molecule has 1 aliphatic heterocycles. The fourth-order valence-electron chi connectivity index (χ4n) is 4.01. The standard InChI is InChI=1S/C22H19ClN2O4S/c1-10(2)18-5-12-4-15(17-9-30-22(23)24-17)13(11(3)26)6-14(12)19-7-20(27)16(21(28)29)8-25(18)19/h4,6-10,18H,5H2,1-3H3,(H,28,29). The smallest absolute Gasteiger partial charge is 0.341 e. The number of halogens is 1. The minimum absolute atomic E-state index is 0.0266. The summed E-state index contributed by atoms with van der Waals surface area (Å²) in [6.45, 7) is 5.60. The van der Waals surface area contributed by atoms with Gasteiger partial charge < -0.3 is 9.67 Å². The van der Waals surface area contributed by atoms with Crippen molar-refractivity contribution in [3.05, 3.63) is 61.2 Å². The van der Waals surface area contributed by atoms with E-state index >= 15 is 0 Å².